The maximum atomic E-state index is 5.09. The summed E-state index contributed by atoms with van der Waals surface area (Å²) in [5.41, 5.74) is 6.16. The number of hydrogen-bond acceptors (Lipinski definition) is 2. The predicted molar refractivity (Wildman–Crippen MR) is 108 cm³/mol. The smallest absolute Gasteiger partial charge is 0.0757 e. The van der Waals surface area contributed by atoms with Crippen molar-refractivity contribution in [2.24, 2.45) is 0 Å². The zero-order valence-electron chi connectivity index (χ0n) is 13.7. The molecule has 5 rings (SSSR count). The Bertz CT molecular complexity index is 1120. The number of nitrogens with zero attached hydrogens (tertiary/aromatic N) is 1. The van der Waals surface area contributed by atoms with Crippen LogP contribution in [0.25, 0.3) is 32.9 Å². The second kappa shape index (κ2) is 5.94. The maximum Gasteiger partial charge on any atom is 0.0757 e. The van der Waals surface area contributed by atoms with Gasteiger partial charge in [-0.15, -0.1) is 0 Å². The van der Waals surface area contributed by atoms with E-state index in [0.717, 1.165) is 35.2 Å². The topological polar surface area (TPSA) is 24.9 Å². The summed E-state index contributed by atoms with van der Waals surface area (Å²) >= 11 is 3.59. The fraction of sp³-hybridized carbons (Fsp3) is 0.136. The van der Waals surface area contributed by atoms with E-state index in [2.05, 4.69) is 81.9 Å². The lowest BCUT2D eigenvalue weighted by Crippen LogP contribution is -2.25. The lowest BCUT2D eigenvalue weighted by atomic mass is 9.90. The summed E-state index contributed by atoms with van der Waals surface area (Å²) in [4.78, 5) is 5.09. The van der Waals surface area contributed by atoms with Crippen molar-refractivity contribution in [2.45, 2.75) is 13.0 Å². The molecule has 1 aliphatic rings. The first-order chi connectivity index (χ1) is 12.3. The van der Waals surface area contributed by atoms with Gasteiger partial charge < -0.3 is 5.32 Å². The summed E-state index contributed by atoms with van der Waals surface area (Å²) in [5, 5.41) is 7.45. The Morgan fingerprint density at radius 2 is 1.84 bits per heavy atom. The van der Waals surface area contributed by atoms with Gasteiger partial charge in [-0.2, -0.15) is 0 Å². The van der Waals surface area contributed by atoms with Gasteiger partial charge in [-0.25, -0.2) is 4.98 Å². The third kappa shape index (κ3) is 2.46. The summed E-state index contributed by atoms with van der Waals surface area (Å²) in [5.74, 6) is 0. The van der Waals surface area contributed by atoms with Crippen LogP contribution in [-0.4, -0.2) is 11.5 Å². The van der Waals surface area contributed by atoms with Gasteiger partial charge in [-0.1, -0.05) is 58.4 Å². The van der Waals surface area contributed by atoms with Gasteiger partial charge in [0.2, 0.25) is 0 Å². The summed E-state index contributed by atoms with van der Waals surface area (Å²) in [7, 11) is 0. The van der Waals surface area contributed by atoms with Crippen LogP contribution in [0.4, 0.5) is 0 Å². The van der Waals surface area contributed by atoms with Crippen LogP contribution >= 0.6 is 15.9 Å². The van der Waals surface area contributed by atoms with Crippen molar-refractivity contribution in [3.8, 4) is 11.3 Å². The molecule has 0 unspecified atom stereocenters. The number of halogens is 1. The molecule has 3 aromatic carbocycles. The van der Waals surface area contributed by atoms with Crippen molar-refractivity contribution in [3.63, 3.8) is 0 Å². The quantitative estimate of drug-likeness (QED) is 0.437. The van der Waals surface area contributed by atoms with Gasteiger partial charge in [0.1, 0.15) is 0 Å². The average molecular weight is 389 g/mol. The number of pyridine rings is 1. The molecule has 0 spiro atoms. The molecule has 0 atom stereocenters. The monoisotopic (exact) mass is 388 g/mol. The van der Waals surface area contributed by atoms with E-state index >= 15 is 0 Å². The van der Waals surface area contributed by atoms with E-state index in [-0.39, 0.29) is 0 Å². The lowest BCUT2D eigenvalue weighted by molar-refractivity contribution is 0.646. The molecule has 2 nitrogen and oxygen atoms in total. The van der Waals surface area contributed by atoms with E-state index in [1.807, 2.05) is 0 Å². The molecule has 1 N–H and O–H groups in total. The van der Waals surface area contributed by atoms with Crippen LogP contribution in [0, 0.1) is 0 Å². The molecule has 0 aliphatic carbocycles. The minimum Gasteiger partial charge on any atom is -0.312 e. The van der Waals surface area contributed by atoms with Gasteiger partial charge in [0.15, 0.2) is 0 Å². The van der Waals surface area contributed by atoms with Crippen LogP contribution in [0.1, 0.15) is 11.1 Å². The SMILES string of the molecule is Brc1cccc(-c2nc3ccc4ccccc4c3c3c2CNCC3)c1. The molecule has 1 aromatic heterocycles. The molecule has 2 heterocycles. The Morgan fingerprint density at radius 1 is 0.920 bits per heavy atom. The number of fused-ring (bicyclic) bond motifs is 5. The Labute approximate surface area is 155 Å². The van der Waals surface area contributed by atoms with Gasteiger partial charge in [-0.05, 0) is 53.1 Å². The van der Waals surface area contributed by atoms with Crippen LogP contribution in [0.5, 0.6) is 0 Å². The fourth-order valence-corrected chi connectivity index (χ4v) is 4.32. The van der Waals surface area contributed by atoms with Gasteiger partial charge in [0, 0.05) is 22.0 Å². The highest BCUT2D eigenvalue weighted by molar-refractivity contribution is 9.10. The minimum atomic E-state index is 0.878. The molecule has 0 saturated heterocycles. The van der Waals surface area contributed by atoms with Crippen LogP contribution in [0.2, 0.25) is 0 Å². The van der Waals surface area contributed by atoms with Crippen LogP contribution in [-0.2, 0) is 13.0 Å². The molecular formula is C22H17BrN2. The largest absolute Gasteiger partial charge is 0.312 e. The van der Waals surface area contributed by atoms with E-state index in [0.29, 0.717) is 0 Å². The molecule has 0 saturated carbocycles. The molecule has 25 heavy (non-hydrogen) atoms. The van der Waals surface area contributed by atoms with Crippen LogP contribution in [0.15, 0.2) is 65.1 Å². The molecule has 3 heteroatoms. The van der Waals surface area contributed by atoms with Gasteiger partial charge >= 0.3 is 0 Å². The molecule has 4 aromatic rings. The van der Waals surface area contributed by atoms with Crippen molar-refractivity contribution in [3.05, 3.63) is 76.3 Å². The van der Waals surface area contributed by atoms with E-state index in [4.69, 9.17) is 4.98 Å². The van der Waals surface area contributed by atoms with E-state index in [1.165, 1.54) is 32.8 Å². The Morgan fingerprint density at radius 3 is 2.76 bits per heavy atom. The normalized spacial score (nSPS) is 14.0. The van der Waals surface area contributed by atoms with Gasteiger partial charge in [0.25, 0.3) is 0 Å². The minimum absolute atomic E-state index is 0.878. The molecule has 0 fully saturated rings. The van der Waals surface area contributed by atoms with Crippen LogP contribution < -0.4 is 5.32 Å². The molecule has 0 bridgehead atoms. The fourth-order valence-electron chi connectivity index (χ4n) is 3.92. The van der Waals surface area contributed by atoms with Crippen molar-refractivity contribution in [1.29, 1.82) is 0 Å². The first kappa shape index (κ1) is 15.1. The molecule has 0 radical (unpaired) electrons. The Balaban J connectivity index is 1.91. The summed E-state index contributed by atoms with van der Waals surface area (Å²) in [6, 6.07) is 21.4. The first-order valence-electron chi connectivity index (χ1n) is 8.61. The molecule has 0 amide bonds. The molecule has 1 aliphatic heterocycles. The van der Waals surface area contributed by atoms with E-state index < -0.39 is 0 Å². The zero-order chi connectivity index (χ0) is 16.8. The standard InChI is InChI=1S/C22H17BrN2/c23-16-6-3-5-15(12-16)22-19-13-24-11-10-18(19)21-17-7-2-1-4-14(17)8-9-20(21)25-22/h1-9,12,24H,10-11,13H2. The summed E-state index contributed by atoms with van der Waals surface area (Å²) < 4.78 is 1.09. The van der Waals surface area contributed by atoms with Gasteiger partial charge in [-0.3, -0.25) is 0 Å². The van der Waals surface area contributed by atoms with Crippen LogP contribution in [0.3, 0.4) is 0 Å². The predicted octanol–water partition coefficient (Wildman–Crippen LogP) is 5.46. The highest BCUT2D eigenvalue weighted by Crippen LogP contribution is 2.36. The van der Waals surface area contributed by atoms with E-state index in [9.17, 15) is 0 Å². The summed E-state index contributed by atoms with van der Waals surface area (Å²) in [6.45, 7) is 1.90. The second-order valence-corrected chi connectivity index (χ2v) is 7.45. The van der Waals surface area contributed by atoms with Crippen molar-refractivity contribution in [1.82, 2.24) is 10.3 Å². The highest BCUT2D eigenvalue weighted by Gasteiger charge is 2.20. The third-order valence-electron chi connectivity index (χ3n) is 5.04. The average Bonchev–Trinajstić information content (AvgIpc) is 2.67. The van der Waals surface area contributed by atoms with E-state index in [1.54, 1.807) is 0 Å². The number of rotatable bonds is 1. The Hall–Kier alpha value is -2.23. The number of nitrogens with one attached hydrogen (secondary N) is 1. The third-order valence-corrected chi connectivity index (χ3v) is 5.54. The van der Waals surface area contributed by atoms with Crippen molar-refractivity contribution >= 4 is 37.6 Å². The van der Waals surface area contributed by atoms with Crippen molar-refractivity contribution < 1.29 is 0 Å². The Kier molecular flexibility index (Phi) is 3.58. The molecular weight excluding hydrogens is 372 g/mol. The molecule has 122 valence electrons. The second-order valence-electron chi connectivity index (χ2n) is 6.54. The number of hydrogen-bond donors (Lipinski definition) is 1. The van der Waals surface area contributed by atoms with Crippen molar-refractivity contribution in [2.75, 3.05) is 6.54 Å². The summed E-state index contributed by atoms with van der Waals surface area (Å²) in [6.07, 6.45) is 1.05. The zero-order valence-corrected chi connectivity index (χ0v) is 15.3. The lowest BCUT2D eigenvalue weighted by Gasteiger charge is -2.23. The maximum absolute atomic E-state index is 5.09. The first-order valence-corrected chi connectivity index (χ1v) is 9.40. The van der Waals surface area contributed by atoms with Gasteiger partial charge in [0.05, 0.1) is 11.2 Å². The highest BCUT2D eigenvalue weighted by atomic mass is 79.9. The number of benzene rings is 3. The number of aromatic nitrogens is 1.